The quantitative estimate of drug-likeness (QED) is 0.709. The number of nitrogens with zero attached hydrogens (tertiary/aromatic N) is 3. The van der Waals surface area contributed by atoms with Crippen LogP contribution in [0.1, 0.15) is 5.56 Å². The number of benzene rings is 1. The Hall–Kier alpha value is -2.24. The largest absolute Gasteiger partial charge is 0.354 e. The Balaban J connectivity index is 1.53. The molecule has 1 saturated heterocycles. The van der Waals surface area contributed by atoms with E-state index in [0.717, 1.165) is 47.6 Å². The van der Waals surface area contributed by atoms with Gasteiger partial charge in [-0.1, -0.05) is 30.3 Å². The van der Waals surface area contributed by atoms with E-state index in [-0.39, 0.29) is 0 Å². The van der Waals surface area contributed by atoms with Crippen LogP contribution < -0.4 is 10.2 Å². The number of piperazine rings is 1. The fourth-order valence-corrected chi connectivity index (χ4v) is 3.84. The molecule has 1 atom stereocenters. The van der Waals surface area contributed by atoms with E-state index in [9.17, 15) is 0 Å². The van der Waals surface area contributed by atoms with E-state index in [1.807, 2.05) is 12.1 Å². The third-order valence-corrected chi connectivity index (χ3v) is 5.33. The lowest BCUT2D eigenvalue weighted by Crippen LogP contribution is -2.51. The van der Waals surface area contributed by atoms with E-state index < -0.39 is 0 Å². The SMILES string of the molecule is Brc1ccc(N2CCN[C@@H](Cc3ccccc3)C2)nc1-c1ccncc1. The molecular weight excluding hydrogens is 388 g/mol. The van der Waals surface area contributed by atoms with Crippen molar-refractivity contribution in [1.82, 2.24) is 15.3 Å². The predicted molar refractivity (Wildman–Crippen MR) is 109 cm³/mol. The zero-order valence-corrected chi connectivity index (χ0v) is 16.1. The van der Waals surface area contributed by atoms with Crippen LogP contribution in [0.3, 0.4) is 0 Å². The van der Waals surface area contributed by atoms with Crippen LogP contribution in [0, 0.1) is 0 Å². The number of anilines is 1. The van der Waals surface area contributed by atoms with Crippen molar-refractivity contribution in [3.8, 4) is 11.3 Å². The number of hydrogen-bond donors (Lipinski definition) is 1. The zero-order valence-electron chi connectivity index (χ0n) is 14.5. The molecule has 3 aromatic rings. The maximum atomic E-state index is 4.93. The number of hydrogen-bond acceptors (Lipinski definition) is 4. The molecular formula is C21H21BrN4. The molecule has 1 fully saturated rings. The lowest BCUT2D eigenvalue weighted by molar-refractivity contribution is 0.453. The second-order valence-corrected chi connectivity index (χ2v) is 7.38. The van der Waals surface area contributed by atoms with Crippen LogP contribution in [0.5, 0.6) is 0 Å². The molecule has 0 radical (unpaired) electrons. The summed E-state index contributed by atoms with van der Waals surface area (Å²) in [4.78, 5) is 11.4. The molecule has 132 valence electrons. The average molecular weight is 409 g/mol. The van der Waals surface area contributed by atoms with E-state index in [1.165, 1.54) is 5.56 Å². The van der Waals surface area contributed by atoms with E-state index in [4.69, 9.17) is 4.98 Å². The normalized spacial score (nSPS) is 17.3. The summed E-state index contributed by atoms with van der Waals surface area (Å²) >= 11 is 3.63. The first-order valence-corrected chi connectivity index (χ1v) is 9.68. The van der Waals surface area contributed by atoms with E-state index in [1.54, 1.807) is 12.4 Å². The van der Waals surface area contributed by atoms with Crippen LogP contribution in [-0.4, -0.2) is 35.6 Å². The van der Waals surface area contributed by atoms with Gasteiger partial charge in [-0.15, -0.1) is 0 Å². The summed E-state index contributed by atoms with van der Waals surface area (Å²) in [6.45, 7) is 2.90. The molecule has 0 bridgehead atoms. The average Bonchev–Trinajstić information content (AvgIpc) is 2.70. The highest BCUT2D eigenvalue weighted by molar-refractivity contribution is 9.10. The summed E-state index contributed by atoms with van der Waals surface area (Å²) in [6.07, 6.45) is 4.64. The number of nitrogens with one attached hydrogen (secondary N) is 1. The van der Waals surface area contributed by atoms with Gasteiger partial charge in [0.05, 0.1) is 5.69 Å². The van der Waals surface area contributed by atoms with Gasteiger partial charge in [-0.3, -0.25) is 4.98 Å². The van der Waals surface area contributed by atoms with Crippen LogP contribution in [0.2, 0.25) is 0 Å². The van der Waals surface area contributed by atoms with Crippen molar-refractivity contribution >= 4 is 21.7 Å². The molecule has 1 N–H and O–H groups in total. The molecule has 0 unspecified atom stereocenters. The smallest absolute Gasteiger partial charge is 0.129 e. The van der Waals surface area contributed by atoms with Gasteiger partial charge in [0.2, 0.25) is 0 Å². The minimum absolute atomic E-state index is 0.431. The first kappa shape index (κ1) is 17.2. The standard InChI is InChI=1S/C21H21BrN4/c22-19-6-7-20(25-21(19)17-8-10-23-11-9-17)26-13-12-24-18(15-26)14-16-4-2-1-3-5-16/h1-11,18,24H,12-15H2/t18-/m0/s1. The second kappa shape index (κ2) is 7.98. The summed E-state index contributed by atoms with van der Waals surface area (Å²) < 4.78 is 1.00. The van der Waals surface area contributed by atoms with Crippen LogP contribution in [0.4, 0.5) is 5.82 Å². The summed E-state index contributed by atoms with van der Waals surface area (Å²) in [5.74, 6) is 1.03. The van der Waals surface area contributed by atoms with Gasteiger partial charge in [-0.25, -0.2) is 4.98 Å². The molecule has 1 aromatic carbocycles. The number of pyridine rings is 2. The Labute approximate surface area is 162 Å². The molecule has 0 spiro atoms. The highest BCUT2D eigenvalue weighted by Crippen LogP contribution is 2.29. The van der Waals surface area contributed by atoms with Gasteiger partial charge in [0.15, 0.2) is 0 Å². The molecule has 1 aliphatic heterocycles. The molecule has 1 aliphatic rings. The second-order valence-electron chi connectivity index (χ2n) is 6.52. The first-order chi connectivity index (χ1) is 12.8. The fraction of sp³-hybridized carbons (Fsp3) is 0.238. The van der Waals surface area contributed by atoms with Crippen LogP contribution in [0.25, 0.3) is 11.3 Å². The minimum Gasteiger partial charge on any atom is -0.354 e. The Morgan fingerprint density at radius 1 is 1.04 bits per heavy atom. The summed E-state index contributed by atoms with van der Waals surface area (Å²) in [5, 5.41) is 3.64. The monoisotopic (exact) mass is 408 g/mol. The summed E-state index contributed by atoms with van der Waals surface area (Å²) in [7, 11) is 0. The molecule has 4 rings (SSSR count). The fourth-order valence-electron chi connectivity index (χ4n) is 3.39. The van der Waals surface area contributed by atoms with Gasteiger partial charge in [-0.2, -0.15) is 0 Å². The van der Waals surface area contributed by atoms with E-state index in [2.05, 4.69) is 73.6 Å². The van der Waals surface area contributed by atoms with Gasteiger partial charge in [0, 0.05) is 48.1 Å². The van der Waals surface area contributed by atoms with Crippen molar-refractivity contribution < 1.29 is 0 Å². The minimum atomic E-state index is 0.431. The van der Waals surface area contributed by atoms with Gasteiger partial charge < -0.3 is 10.2 Å². The zero-order chi connectivity index (χ0) is 17.8. The maximum Gasteiger partial charge on any atom is 0.129 e. The highest BCUT2D eigenvalue weighted by atomic mass is 79.9. The molecule has 26 heavy (non-hydrogen) atoms. The van der Waals surface area contributed by atoms with E-state index in [0.29, 0.717) is 6.04 Å². The Morgan fingerprint density at radius 3 is 2.65 bits per heavy atom. The third-order valence-electron chi connectivity index (χ3n) is 4.69. The Kier molecular flexibility index (Phi) is 5.27. The molecule has 0 saturated carbocycles. The van der Waals surface area contributed by atoms with Crippen LogP contribution in [-0.2, 0) is 6.42 Å². The topological polar surface area (TPSA) is 41.0 Å². The van der Waals surface area contributed by atoms with Crippen molar-refractivity contribution in [3.05, 3.63) is 77.0 Å². The van der Waals surface area contributed by atoms with Crippen LogP contribution >= 0.6 is 15.9 Å². The Morgan fingerprint density at radius 2 is 1.85 bits per heavy atom. The molecule has 3 heterocycles. The summed E-state index contributed by atoms with van der Waals surface area (Å²) in [5.41, 5.74) is 3.40. The molecule has 4 nitrogen and oxygen atoms in total. The van der Waals surface area contributed by atoms with Crippen molar-refractivity contribution in [2.75, 3.05) is 24.5 Å². The van der Waals surface area contributed by atoms with Gasteiger partial charge in [0.1, 0.15) is 5.82 Å². The lowest BCUT2D eigenvalue weighted by atomic mass is 10.0. The lowest BCUT2D eigenvalue weighted by Gasteiger charge is -2.35. The molecule has 0 aliphatic carbocycles. The van der Waals surface area contributed by atoms with Gasteiger partial charge in [0.25, 0.3) is 0 Å². The Bertz CT molecular complexity index is 854. The summed E-state index contributed by atoms with van der Waals surface area (Å²) in [6, 6.07) is 19.3. The van der Waals surface area contributed by atoms with Gasteiger partial charge >= 0.3 is 0 Å². The number of rotatable bonds is 4. The predicted octanol–water partition coefficient (Wildman–Crippen LogP) is 3.93. The molecule has 2 aromatic heterocycles. The highest BCUT2D eigenvalue weighted by Gasteiger charge is 2.21. The van der Waals surface area contributed by atoms with Crippen molar-refractivity contribution in [3.63, 3.8) is 0 Å². The first-order valence-electron chi connectivity index (χ1n) is 8.89. The van der Waals surface area contributed by atoms with Gasteiger partial charge in [-0.05, 0) is 52.2 Å². The van der Waals surface area contributed by atoms with Crippen LogP contribution in [0.15, 0.2) is 71.5 Å². The maximum absolute atomic E-state index is 4.93. The van der Waals surface area contributed by atoms with Crippen molar-refractivity contribution in [1.29, 1.82) is 0 Å². The molecule has 5 heteroatoms. The third kappa shape index (κ3) is 3.94. The van der Waals surface area contributed by atoms with Crippen molar-refractivity contribution in [2.45, 2.75) is 12.5 Å². The number of aromatic nitrogens is 2. The van der Waals surface area contributed by atoms with E-state index >= 15 is 0 Å². The number of halogens is 1. The van der Waals surface area contributed by atoms with Crippen molar-refractivity contribution in [2.24, 2.45) is 0 Å². The molecule has 0 amide bonds.